The highest BCUT2D eigenvalue weighted by Gasteiger charge is 2.19. The van der Waals surface area contributed by atoms with Gasteiger partial charge in [0.15, 0.2) is 0 Å². The lowest BCUT2D eigenvalue weighted by atomic mass is 10.0. The zero-order valence-corrected chi connectivity index (χ0v) is 16.7. The largest absolute Gasteiger partial charge is 0.487 e. The van der Waals surface area contributed by atoms with E-state index in [0.717, 1.165) is 23.3 Å². The Morgan fingerprint density at radius 3 is 2.59 bits per heavy atom. The number of pyridine rings is 1. The first kappa shape index (κ1) is 19.2. The average molecular weight is 405 g/mol. The van der Waals surface area contributed by atoms with E-state index in [2.05, 4.69) is 11.1 Å². The molecule has 0 radical (unpaired) electrons. The number of hydrogen-bond acceptors (Lipinski definition) is 3. The Hall–Kier alpha value is -3.11. The van der Waals surface area contributed by atoms with E-state index in [0.29, 0.717) is 30.3 Å². The summed E-state index contributed by atoms with van der Waals surface area (Å²) in [6.45, 7) is 1.75. The molecule has 1 aliphatic rings. The highest BCUT2D eigenvalue weighted by Crippen LogP contribution is 2.26. The van der Waals surface area contributed by atoms with Gasteiger partial charge in [-0.15, -0.1) is 0 Å². The maximum atomic E-state index is 12.6. The SMILES string of the molecule is O=C(c1ccc(Cl)cc1)N1CC=C(c2cncc(OCc3ccccc3)c2)CC1. The molecule has 146 valence electrons. The Morgan fingerprint density at radius 1 is 1.07 bits per heavy atom. The number of carbonyl (C=O) groups excluding carboxylic acids is 1. The molecule has 0 aliphatic carbocycles. The maximum Gasteiger partial charge on any atom is 0.254 e. The number of aromatic nitrogens is 1. The second kappa shape index (κ2) is 8.93. The van der Waals surface area contributed by atoms with Crippen LogP contribution in [0, 0.1) is 0 Å². The lowest BCUT2D eigenvalue weighted by molar-refractivity contribution is 0.0773. The fraction of sp³-hybridized carbons (Fsp3) is 0.167. The molecule has 0 saturated heterocycles. The summed E-state index contributed by atoms with van der Waals surface area (Å²) in [7, 11) is 0. The van der Waals surface area contributed by atoms with Crippen LogP contribution in [0.1, 0.15) is 27.9 Å². The lowest BCUT2D eigenvalue weighted by Crippen LogP contribution is -2.34. The Balaban J connectivity index is 1.40. The lowest BCUT2D eigenvalue weighted by Gasteiger charge is -2.26. The van der Waals surface area contributed by atoms with Gasteiger partial charge in [-0.2, -0.15) is 0 Å². The van der Waals surface area contributed by atoms with Crippen LogP contribution in [-0.2, 0) is 6.61 Å². The fourth-order valence-electron chi connectivity index (χ4n) is 3.31. The van der Waals surface area contributed by atoms with Crippen molar-refractivity contribution < 1.29 is 9.53 Å². The van der Waals surface area contributed by atoms with Gasteiger partial charge >= 0.3 is 0 Å². The zero-order valence-electron chi connectivity index (χ0n) is 15.9. The van der Waals surface area contributed by atoms with Crippen molar-refractivity contribution in [2.45, 2.75) is 13.0 Å². The number of nitrogens with zero attached hydrogens (tertiary/aromatic N) is 2. The van der Waals surface area contributed by atoms with Crippen molar-refractivity contribution in [3.63, 3.8) is 0 Å². The summed E-state index contributed by atoms with van der Waals surface area (Å²) in [5.41, 5.74) is 3.99. The summed E-state index contributed by atoms with van der Waals surface area (Å²) in [6, 6.07) is 19.1. The van der Waals surface area contributed by atoms with Crippen molar-refractivity contribution in [3.8, 4) is 5.75 Å². The van der Waals surface area contributed by atoms with Crippen molar-refractivity contribution in [2.24, 2.45) is 0 Å². The molecule has 0 spiro atoms. The third-order valence-corrected chi connectivity index (χ3v) is 5.17. The minimum atomic E-state index is 0.0232. The zero-order chi connectivity index (χ0) is 20.1. The van der Waals surface area contributed by atoms with E-state index in [1.165, 1.54) is 5.57 Å². The second-order valence-electron chi connectivity index (χ2n) is 6.92. The Morgan fingerprint density at radius 2 is 1.86 bits per heavy atom. The van der Waals surface area contributed by atoms with Crippen LogP contribution in [0.3, 0.4) is 0 Å². The molecule has 2 aromatic carbocycles. The molecule has 4 nitrogen and oxygen atoms in total. The summed E-state index contributed by atoms with van der Waals surface area (Å²) in [4.78, 5) is 18.8. The predicted octanol–water partition coefficient (Wildman–Crippen LogP) is 5.24. The summed E-state index contributed by atoms with van der Waals surface area (Å²) in [5.74, 6) is 0.766. The summed E-state index contributed by atoms with van der Waals surface area (Å²) in [5, 5.41) is 0.629. The van der Waals surface area contributed by atoms with Gasteiger partial charge in [0, 0.05) is 29.9 Å². The van der Waals surface area contributed by atoms with Gasteiger partial charge in [-0.3, -0.25) is 9.78 Å². The second-order valence-corrected chi connectivity index (χ2v) is 7.36. The van der Waals surface area contributed by atoms with Gasteiger partial charge in [0.05, 0.1) is 6.20 Å². The molecule has 0 saturated carbocycles. The van der Waals surface area contributed by atoms with E-state index in [9.17, 15) is 4.79 Å². The van der Waals surface area contributed by atoms with Gasteiger partial charge in [0.25, 0.3) is 5.91 Å². The quantitative estimate of drug-likeness (QED) is 0.583. The molecule has 0 bridgehead atoms. The van der Waals surface area contributed by atoms with Crippen molar-refractivity contribution >= 4 is 23.1 Å². The van der Waals surface area contributed by atoms with Gasteiger partial charge in [-0.1, -0.05) is 48.0 Å². The molecule has 5 heteroatoms. The van der Waals surface area contributed by atoms with E-state index < -0.39 is 0 Å². The Labute approximate surface area is 175 Å². The molecular weight excluding hydrogens is 384 g/mol. The van der Waals surface area contributed by atoms with Crippen LogP contribution in [0.2, 0.25) is 5.02 Å². The van der Waals surface area contributed by atoms with Crippen LogP contribution in [0.25, 0.3) is 5.57 Å². The van der Waals surface area contributed by atoms with E-state index >= 15 is 0 Å². The van der Waals surface area contributed by atoms with E-state index in [-0.39, 0.29) is 5.91 Å². The Kier molecular flexibility index (Phi) is 5.92. The van der Waals surface area contributed by atoms with Crippen molar-refractivity contribution in [1.29, 1.82) is 0 Å². The van der Waals surface area contributed by atoms with Gasteiger partial charge in [-0.05, 0) is 53.5 Å². The summed E-state index contributed by atoms with van der Waals surface area (Å²) >= 11 is 5.91. The van der Waals surface area contributed by atoms with Gasteiger partial charge in [-0.25, -0.2) is 0 Å². The molecule has 1 aromatic heterocycles. The van der Waals surface area contributed by atoms with Crippen LogP contribution in [0.4, 0.5) is 0 Å². The molecule has 2 heterocycles. The number of rotatable bonds is 5. The van der Waals surface area contributed by atoms with E-state index in [4.69, 9.17) is 16.3 Å². The van der Waals surface area contributed by atoms with Crippen LogP contribution in [0.15, 0.2) is 79.1 Å². The maximum absolute atomic E-state index is 12.6. The molecule has 0 atom stereocenters. The van der Waals surface area contributed by atoms with E-state index in [1.54, 1.807) is 30.5 Å². The molecule has 1 amide bonds. The molecule has 4 rings (SSSR count). The highest BCUT2D eigenvalue weighted by molar-refractivity contribution is 6.30. The predicted molar refractivity (Wildman–Crippen MR) is 115 cm³/mol. The van der Waals surface area contributed by atoms with E-state index in [1.807, 2.05) is 47.5 Å². The van der Waals surface area contributed by atoms with Gasteiger partial charge in [0.2, 0.25) is 0 Å². The Bertz CT molecular complexity index is 1020. The van der Waals surface area contributed by atoms with Crippen LogP contribution in [-0.4, -0.2) is 28.9 Å². The topological polar surface area (TPSA) is 42.4 Å². The number of halogens is 1. The van der Waals surface area contributed by atoms with Gasteiger partial charge in [0.1, 0.15) is 12.4 Å². The molecular formula is C24H21ClN2O2. The van der Waals surface area contributed by atoms with Crippen molar-refractivity contribution in [2.75, 3.05) is 13.1 Å². The third-order valence-electron chi connectivity index (χ3n) is 4.92. The molecule has 29 heavy (non-hydrogen) atoms. The highest BCUT2D eigenvalue weighted by atomic mass is 35.5. The minimum Gasteiger partial charge on any atom is -0.487 e. The van der Waals surface area contributed by atoms with Crippen molar-refractivity contribution in [1.82, 2.24) is 9.88 Å². The first-order chi connectivity index (χ1) is 14.2. The fourth-order valence-corrected chi connectivity index (χ4v) is 3.43. The number of benzene rings is 2. The third kappa shape index (κ3) is 4.84. The molecule has 0 unspecified atom stereocenters. The standard InChI is InChI=1S/C24H21ClN2O2/c25-22-8-6-20(7-9-22)24(28)27-12-10-19(11-13-27)21-14-23(16-26-15-21)29-17-18-4-2-1-3-5-18/h1-10,14-16H,11-13,17H2. The first-order valence-corrected chi connectivity index (χ1v) is 9.93. The number of amides is 1. The summed E-state index contributed by atoms with van der Waals surface area (Å²) in [6.07, 6.45) is 6.45. The summed E-state index contributed by atoms with van der Waals surface area (Å²) < 4.78 is 5.89. The first-order valence-electron chi connectivity index (χ1n) is 9.55. The van der Waals surface area contributed by atoms with Crippen LogP contribution in [0.5, 0.6) is 5.75 Å². The molecule has 0 N–H and O–H groups in total. The molecule has 3 aromatic rings. The molecule has 1 aliphatic heterocycles. The molecule has 0 fully saturated rings. The number of hydrogen-bond donors (Lipinski definition) is 0. The van der Waals surface area contributed by atoms with Crippen LogP contribution >= 0.6 is 11.6 Å². The minimum absolute atomic E-state index is 0.0232. The number of carbonyl (C=O) groups is 1. The smallest absolute Gasteiger partial charge is 0.254 e. The van der Waals surface area contributed by atoms with Gasteiger partial charge < -0.3 is 9.64 Å². The van der Waals surface area contributed by atoms with Crippen molar-refractivity contribution in [3.05, 3.63) is 101 Å². The average Bonchev–Trinajstić information content (AvgIpc) is 2.79. The van der Waals surface area contributed by atoms with Crippen LogP contribution < -0.4 is 4.74 Å². The monoisotopic (exact) mass is 404 g/mol. The normalized spacial score (nSPS) is 13.7. The number of ether oxygens (including phenoxy) is 1.